The zero-order chi connectivity index (χ0) is 10.1. The van der Waals surface area contributed by atoms with E-state index in [0.29, 0.717) is 19.1 Å². The van der Waals surface area contributed by atoms with Gasteiger partial charge in [-0.15, -0.1) is 0 Å². The number of hydrogen-bond donors (Lipinski definition) is 0. The molecule has 0 aromatic carbocycles. The third-order valence-electron chi connectivity index (χ3n) is 1.55. The second-order valence-corrected chi connectivity index (χ2v) is 3.25. The molecule has 0 fully saturated rings. The van der Waals surface area contributed by atoms with E-state index in [1.165, 1.54) is 0 Å². The number of ether oxygens (including phenoxy) is 2. The molecular weight excluding hydrogens is 164 g/mol. The summed E-state index contributed by atoms with van der Waals surface area (Å²) in [6.45, 7) is 9.70. The maximum atomic E-state index is 5.39. The fourth-order valence-corrected chi connectivity index (χ4v) is 1.02. The van der Waals surface area contributed by atoms with E-state index in [-0.39, 0.29) is 6.29 Å². The van der Waals surface area contributed by atoms with Gasteiger partial charge in [-0.05, 0) is 19.8 Å². The van der Waals surface area contributed by atoms with Gasteiger partial charge >= 0.3 is 0 Å². The van der Waals surface area contributed by atoms with Crippen molar-refractivity contribution in [2.45, 2.75) is 40.4 Å². The predicted octanol–water partition coefficient (Wildman–Crippen LogP) is 2.99. The largest absolute Gasteiger partial charge is 0.353 e. The lowest BCUT2D eigenvalue weighted by atomic mass is 10.2. The summed E-state index contributed by atoms with van der Waals surface area (Å²) in [6.07, 6.45) is 5.08. The lowest BCUT2D eigenvalue weighted by Gasteiger charge is -2.14. The molecule has 2 nitrogen and oxygen atoms in total. The zero-order valence-corrected chi connectivity index (χ0v) is 9.25. The van der Waals surface area contributed by atoms with Crippen molar-refractivity contribution >= 4 is 0 Å². The molecule has 0 aliphatic rings. The van der Waals surface area contributed by atoms with E-state index in [9.17, 15) is 0 Å². The fourth-order valence-electron chi connectivity index (χ4n) is 1.02. The molecule has 0 heterocycles. The van der Waals surface area contributed by atoms with Gasteiger partial charge in [-0.1, -0.05) is 26.0 Å². The molecule has 0 aromatic heterocycles. The Morgan fingerprint density at radius 1 is 1.08 bits per heavy atom. The molecule has 0 aliphatic carbocycles. The molecule has 2 heteroatoms. The predicted molar refractivity (Wildman–Crippen MR) is 55.6 cm³/mol. The van der Waals surface area contributed by atoms with Crippen molar-refractivity contribution in [3.8, 4) is 0 Å². The smallest absolute Gasteiger partial charge is 0.160 e. The van der Waals surface area contributed by atoms with Gasteiger partial charge in [-0.2, -0.15) is 0 Å². The molecule has 0 saturated heterocycles. The maximum absolute atomic E-state index is 5.39. The standard InChI is InChI=1S/C11H22O2/c1-5-12-11(13-6-2)9-7-8-10(3)4/h7-8,10-11H,5-6,9H2,1-4H3/b8-7-. The van der Waals surface area contributed by atoms with Crippen molar-refractivity contribution in [2.24, 2.45) is 5.92 Å². The maximum Gasteiger partial charge on any atom is 0.160 e. The Morgan fingerprint density at radius 3 is 2.00 bits per heavy atom. The highest BCUT2D eigenvalue weighted by Crippen LogP contribution is 2.04. The van der Waals surface area contributed by atoms with Gasteiger partial charge in [0.15, 0.2) is 6.29 Å². The van der Waals surface area contributed by atoms with E-state index in [4.69, 9.17) is 9.47 Å². The van der Waals surface area contributed by atoms with Crippen LogP contribution in [0.5, 0.6) is 0 Å². The van der Waals surface area contributed by atoms with E-state index >= 15 is 0 Å². The number of rotatable bonds is 7. The molecule has 78 valence electrons. The average Bonchev–Trinajstić information content (AvgIpc) is 2.04. The zero-order valence-electron chi connectivity index (χ0n) is 9.25. The lowest BCUT2D eigenvalue weighted by Crippen LogP contribution is -2.16. The van der Waals surface area contributed by atoms with Gasteiger partial charge in [0.1, 0.15) is 0 Å². The van der Waals surface area contributed by atoms with E-state index in [0.717, 1.165) is 6.42 Å². The third kappa shape index (κ3) is 8.00. The molecule has 0 saturated carbocycles. The second kappa shape index (κ2) is 8.27. The van der Waals surface area contributed by atoms with Crippen molar-refractivity contribution in [1.82, 2.24) is 0 Å². The van der Waals surface area contributed by atoms with Gasteiger partial charge in [0.05, 0.1) is 0 Å². The summed E-state index contributed by atoms with van der Waals surface area (Å²) in [5, 5.41) is 0. The number of allylic oxidation sites excluding steroid dienone is 1. The topological polar surface area (TPSA) is 18.5 Å². The SMILES string of the molecule is CCOC(C/C=C\C(C)C)OCC. The Labute approximate surface area is 81.9 Å². The van der Waals surface area contributed by atoms with Crippen LogP contribution in [0.1, 0.15) is 34.1 Å². The molecule has 0 atom stereocenters. The van der Waals surface area contributed by atoms with Crippen molar-refractivity contribution in [2.75, 3.05) is 13.2 Å². The van der Waals surface area contributed by atoms with E-state index in [2.05, 4.69) is 26.0 Å². The molecule has 0 N–H and O–H groups in total. The second-order valence-electron chi connectivity index (χ2n) is 3.25. The van der Waals surface area contributed by atoms with Crippen LogP contribution in [0.3, 0.4) is 0 Å². The van der Waals surface area contributed by atoms with Crippen LogP contribution < -0.4 is 0 Å². The normalized spacial score (nSPS) is 12.2. The highest BCUT2D eigenvalue weighted by atomic mass is 16.7. The van der Waals surface area contributed by atoms with Crippen LogP contribution in [0.15, 0.2) is 12.2 Å². The highest BCUT2D eigenvalue weighted by molar-refractivity contribution is 4.85. The Bertz CT molecular complexity index is 124. The summed E-state index contributed by atoms with van der Waals surface area (Å²) in [5.41, 5.74) is 0. The van der Waals surface area contributed by atoms with Gasteiger partial charge in [0.2, 0.25) is 0 Å². The Hall–Kier alpha value is -0.340. The van der Waals surface area contributed by atoms with Crippen LogP contribution in [0.2, 0.25) is 0 Å². The summed E-state index contributed by atoms with van der Waals surface area (Å²) in [4.78, 5) is 0. The van der Waals surface area contributed by atoms with Gasteiger partial charge < -0.3 is 9.47 Å². The average molecular weight is 186 g/mol. The Morgan fingerprint density at radius 2 is 1.62 bits per heavy atom. The molecule has 0 amide bonds. The summed E-state index contributed by atoms with van der Waals surface area (Å²) >= 11 is 0. The Balaban J connectivity index is 3.67. The van der Waals surface area contributed by atoms with E-state index in [1.807, 2.05) is 13.8 Å². The first kappa shape index (κ1) is 12.7. The molecular formula is C11H22O2. The highest BCUT2D eigenvalue weighted by Gasteiger charge is 2.04. The fraction of sp³-hybridized carbons (Fsp3) is 0.818. The minimum atomic E-state index is -0.0648. The molecule has 0 bridgehead atoms. The van der Waals surface area contributed by atoms with E-state index in [1.54, 1.807) is 0 Å². The summed E-state index contributed by atoms with van der Waals surface area (Å²) in [7, 11) is 0. The molecule has 0 aromatic rings. The van der Waals surface area contributed by atoms with Crippen molar-refractivity contribution in [3.63, 3.8) is 0 Å². The van der Waals surface area contributed by atoms with Gasteiger partial charge in [0, 0.05) is 19.6 Å². The van der Waals surface area contributed by atoms with Crippen LogP contribution in [0, 0.1) is 5.92 Å². The molecule has 13 heavy (non-hydrogen) atoms. The quantitative estimate of drug-likeness (QED) is 0.449. The van der Waals surface area contributed by atoms with Crippen molar-refractivity contribution in [3.05, 3.63) is 12.2 Å². The lowest BCUT2D eigenvalue weighted by molar-refractivity contribution is -0.133. The van der Waals surface area contributed by atoms with Gasteiger partial charge in [-0.3, -0.25) is 0 Å². The van der Waals surface area contributed by atoms with E-state index < -0.39 is 0 Å². The molecule has 0 radical (unpaired) electrons. The Kier molecular flexibility index (Phi) is 8.05. The van der Waals surface area contributed by atoms with Crippen LogP contribution >= 0.6 is 0 Å². The number of hydrogen-bond acceptors (Lipinski definition) is 2. The monoisotopic (exact) mass is 186 g/mol. The first-order chi connectivity index (χ1) is 6.20. The summed E-state index contributed by atoms with van der Waals surface area (Å²) in [6, 6.07) is 0. The van der Waals surface area contributed by atoms with Gasteiger partial charge in [-0.25, -0.2) is 0 Å². The van der Waals surface area contributed by atoms with Crippen LogP contribution in [-0.2, 0) is 9.47 Å². The summed E-state index contributed by atoms with van der Waals surface area (Å²) < 4.78 is 10.8. The van der Waals surface area contributed by atoms with Crippen LogP contribution in [-0.4, -0.2) is 19.5 Å². The molecule has 0 unspecified atom stereocenters. The van der Waals surface area contributed by atoms with Crippen molar-refractivity contribution < 1.29 is 9.47 Å². The molecule has 0 aliphatic heterocycles. The third-order valence-corrected chi connectivity index (χ3v) is 1.55. The van der Waals surface area contributed by atoms with Crippen LogP contribution in [0.25, 0.3) is 0 Å². The summed E-state index contributed by atoms with van der Waals surface area (Å²) in [5.74, 6) is 0.601. The molecule has 0 spiro atoms. The minimum Gasteiger partial charge on any atom is -0.353 e. The minimum absolute atomic E-state index is 0.0648. The molecule has 0 rings (SSSR count). The first-order valence-electron chi connectivity index (χ1n) is 5.10. The van der Waals surface area contributed by atoms with Crippen molar-refractivity contribution in [1.29, 1.82) is 0 Å². The van der Waals surface area contributed by atoms with Crippen LogP contribution in [0.4, 0.5) is 0 Å². The first-order valence-corrected chi connectivity index (χ1v) is 5.10. The van der Waals surface area contributed by atoms with Gasteiger partial charge in [0.25, 0.3) is 0 Å².